The van der Waals surface area contributed by atoms with Crippen molar-refractivity contribution in [1.82, 2.24) is 19.7 Å². The van der Waals surface area contributed by atoms with Crippen molar-refractivity contribution in [3.63, 3.8) is 0 Å². The van der Waals surface area contributed by atoms with Crippen LogP contribution in [0.25, 0.3) is 5.69 Å². The zero-order valence-electron chi connectivity index (χ0n) is 14.2. The van der Waals surface area contributed by atoms with Crippen LogP contribution in [0.3, 0.4) is 0 Å². The first kappa shape index (κ1) is 17.3. The number of anilines is 1. The number of likely N-dealkylation sites (N-methyl/N-ethyl adjacent to an activating group) is 1. The third-order valence-corrected chi connectivity index (χ3v) is 4.28. The molecule has 1 fully saturated rings. The lowest BCUT2D eigenvalue weighted by Crippen LogP contribution is -2.42. The van der Waals surface area contributed by atoms with Crippen LogP contribution in [0, 0.1) is 5.82 Å². The number of nitrogens with zero attached hydrogens (tertiary/aromatic N) is 4. The number of halogens is 1. The van der Waals surface area contributed by atoms with Crippen molar-refractivity contribution in [2.75, 3.05) is 25.0 Å². The van der Waals surface area contributed by atoms with Gasteiger partial charge in [-0.25, -0.2) is 9.18 Å². The van der Waals surface area contributed by atoms with E-state index in [0.29, 0.717) is 18.8 Å². The van der Waals surface area contributed by atoms with Gasteiger partial charge in [-0.2, -0.15) is 0 Å². The number of ether oxygens (including phenoxy) is 1. The van der Waals surface area contributed by atoms with Crippen LogP contribution in [-0.4, -0.2) is 51.5 Å². The zero-order chi connectivity index (χ0) is 17.6. The molecule has 1 aromatic heterocycles. The van der Waals surface area contributed by atoms with Crippen LogP contribution in [0.4, 0.5) is 14.9 Å². The summed E-state index contributed by atoms with van der Waals surface area (Å²) in [6.07, 6.45) is 6.19. The van der Waals surface area contributed by atoms with Gasteiger partial charge in [-0.3, -0.25) is 4.57 Å². The van der Waals surface area contributed by atoms with E-state index in [0.717, 1.165) is 25.9 Å². The van der Waals surface area contributed by atoms with Crippen LogP contribution in [0.15, 0.2) is 30.9 Å². The van der Waals surface area contributed by atoms with Crippen LogP contribution in [0.1, 0.15) is 26.2 Å². The number of carbonyl (C=O) groups is 1. The second-order valence-electron chi connectivity index (χ2n) is 5.99. The topological polar surface area (TPSA) is 72.3 Å². The van der Waals surface area contributed by atoms with Gasteiger partial charge in [0.25, 0.3) is 0 Å². The van der Waals surface area contributed by atoms with E-state index in [1.807, 2.05) is 6.92 Å². The van der Waals surface area contributed by atoms with E-state index in [4.69, 9.17) is 4.74 Å². The Morgan fingerprint density at radius 2 is 2.20 bits per heavy atom. The fourth-order valence-corrected chi connectivity index (χ4v) is 2.85. The van der Waals surface area contributed by atoms with Crippen molar-refractivity contribution in [2.24, 2.45) is 0 Å². The van der Waals surface area contributed by atoms with Gasteiger partial charge in [0.15, 0.2) is 0 Å². The minimum absolute atomic E-state index is 0.0488. The number of carbonyl (C=O) groups excluding carboxylic acids is 1. The smallest absolute Gasteiger partial charge is 0.322 e. The molecule has 2 heterocycles. The molecule has 0 bridgehead atoms. The highest BCUT2D eigenvalue weighted by Crippen LogP contribution is 2.20. The van der Waals surface area contributed by atoms with E-state index in [2.05, 4.69) is 15.5 Å². The molecule has 25 heavy (non-hydrogen) atoms. The summed E-state index contributed by atoms with van der Waals surface area (Å²) in [6.45, 7) is 3.67. The standard InChI is InChI=1S/C17H22FN5O2/c1-2-22(10-14-5-3-4-8-25-14)17(24)21-16-9-13(6-7-15(16)18)23-11-19-20-12-23/h6-7,9,11-12,14H,2-5,8,10H2,1H3,(H,21,24)/t14-/m0/s1. The van der Waals surface area contributed by atoms with Crippen LogP contribution >= 0.6 is 0 Å². The average molecular weight is 347 g/mol. The van der Waals surface area contributed by atoms with Crippen LogP contribution in [0.2, 0.25) is 0 Å². The summed E-state index contributed by atoms with van der Waals surface area (Å²) in [5.41, 5.74) is 0.791. The molecule has 3 rings (SSSR count). The number of nitrogens with one attached hydrogen (secondary N) is 1. The number of aromatic nitrogens is 3. The average Bonchev–Trinajstić information content (AvgIpc) is 3.17. The molecule has 0 radical (unpaired) electrons. The first-order valence-electron chi connectivity index (χ1n) is 8.49. The number of benzene rings is 1. The Kier molecular flexibility index (Phi) is 5.60. The third-order valence-electron chi connectivity index (χ3n) is 4.28. The molecule has 0 unspecified atom stereocenters. The van der Waals surface area contributed by atoms with Gasteiger partial charge in [-0.15, -0.1) is 10.2 Å². The fraction of sp³-hybridized carbons (Fsp3) is 0.471. The Bertz CT molecular complexity index is 701. The molecular formula is C17H22FN5O2. The lowest BCUT2D eigenvalue weighted by Gasteiger charge is -2.29. The minimum Gasteiger partial charge on any atom is -0.376 e. The lowest BCUT2D eigenvalue weighted by atomic mass is 10.1. The van der Waals surface area contributed by atoms with Crippen LogP contribution in [-0.2, 0) is 4.74 Å². The van der Waals surface area contributed by atoms with Gasteiger partial charge >= 0.3 is 6.03 Å². The summed E-state index contributed by atoms with van der Waals surface area (Å²) in [5.74, 6) is -0.491. The number of hydrogen-bond donors (Lipinski definition) is 1. The minimum atomic E-state index is -0.491. The van der Waals surface area contributed by atoms with Crippen molar-refractivity contribution >= 4 is 11.7 Å². The Morgan fingerprint density at radius 1 is 1.40 bits per heavy atom. The first-order chi connectivity index (χ1) is 12.2. The number of hydrogen-bond acceptors (Lipinski definition) is 4. The highest BCUT2D eigenvalue weighted by molar-refractivity contribution is 5.89. The SMILES string of the molecule is CCN(C[C@@H]1CCCCO1)C(=O)Nc1cc(-n2cnnc2)ccc1F. The van der Waals surface area contributed by atoms with Crippen molar-refractivity contribution in [1.29, 1.82) is 0 Å². The molecule has 2 amide bonds. The van der Waals surface area contributed by atoms with E-state index >= 15 is 0 Å². The van der Waals surface area contributed by atoms with E-state index in [-0.39, 0.29) is 17.8 Å². The van der Waals surface area contributed by atoms with E-state index < -0.39 is 5.82 Å². The molecular weight excluding hydrogens is 325 g/mol. The monoisotopic (exact) mass is 347 g/mol. The van der Waals surface area contributed by atoms with Gasteiger partial charge in [0.05, 0.1) is 17.5 Å². The molecule has 0 saturated carbocycles. The van der Waals surface area contributed by atoms with Crippen LogP contribution in [0.5, 0.6) is 0 Å². The predicted molar refractivity (Wildman–Crippen MR) is 91.2 cm³/mol. The number of rotatable bonds is 5. The fourth-order valence-electron chi connectivity index (χ4n) is 2.85. The van der Waals surface area contributed by atoms with E-state index in [9.17, 15) is 9.18 Å². The van der Waals surface area contributed by atoms with Gasteiger partial charge in [-0.1, -0.05) is 0 Å². The maximum atomic E-state index is 14.1. The molecule has 7 nitrogen and oxygen atoms in total. The van der Waals surface area contributed by atoms with E-state index in [1.165, 1.54) is 18.7 Å². The van der Waals surface area contributed by atoms with Crippen molar-refractivity contribution in [3.05, 3.63) is 36.7 Å². The number of amides is 2. The maximum Gasteiger partial charge on any atom is 0.322 e. The highest BCUT2D eigenvalue weighted by atomic mass is 19.1. The molecule has 8 heteroatoms. The highest BCUT2D eigenvalue weighted by Gasteiger charge is 2.21. The summed E-state index contributed by atoms with van der Waals surface area (Å²) in [6, 6.07) is 4.13. The molecule has 1 aliphatic heterocycles. The Labute approximate surface area is 145 Å². The Morgan fingerprint density at radius 3 is 2.88 bits per heavy atom. The summed E-state index contributed by atoms with van der Waals surface area (Å²) >= 11 is 0. The predicted octanol–water partition coefficient (Wildman–Crippen LogP) is 2.83. The molecule has 0 aliphatic carbocycles. The van der Waals surface area contributed by atoms with E-state index in [1.54, 1.807) is 21.6 Å². The summed E-state index contributed by atoms with van der Waals surface area (Å²) in [4.78, 5) is 14.2. The van der Waals surface area contributed by atoms with Gasteiger partial charge in [0, 0.05) is 19.7 Å². The van der Waals surface area contributed by atoms with Gasteiger partial charge in [0.2, 0.25) is 0 Å². The Hall–Kier alpha value is -2.48. The summed E-state index contributed by atoms with van der Waals surface area (Å²) < 4.78 is 21.4. The van der Waals surface area contributed by atoms with Crippen molar-refractivity contribution < 1.29 is 13.9 Å². The molecule has 1 saturated heterocycles. The quantitative estimate of drug-likeness (QED) is 0.903. The van der Waals surface area contributed by atoms with Crippen molar-refractivity contribution in [2.45, 2.75) is 32.3 Å². The number of urea groups is 1. The normalized spacial score (nSPS) is 17.3. The second-order valence-corrected chi connectivity index (χ2v) is 5.99. The molecule has 1 aliphatic rings. The molecule has 1 atom stereocenters. The largest absolute Gasteiger partial charge is 0.376 e. The molecule has 0 spiro atoms. The summed E-state index contributed by atoms with van der Waals surface area (Å²) in [5, 5.41) is 10.1. The molecule has 1 N–H and O–H groups in total. The van der Waals surface area contributed by atoms with Gasteiger partial charge in [0.1, 0.15) is 18.5 Å². The van der Waals surface area contributed by atoms with Crippen LogP contribution < -0.4 is 5.32 Å². The third kappa shape index (κ3) is 4.33. The summed E-state index contributed by atoms with van der Waals surface area (Å²) in [7, 11) is 0. The molecule has 1 aromatic carbocycles. The molecule has 2 aromatic rings. The lowest BCUT2D eigenvalue weighted by molar-refractivity contribution is 0.00221. The zero-order valence-corrected chi connectivity index (χ0v) is 14.2. The Balaban J connectivity index is 1.69. The van der Waals surface area contributed by atoms with Gasteiger partial charge < -0.3 is 15.0 Å². The first-order valence-corrected chi connectivity index (χ1v) is 8.49. The second kappa shape index (κ2) is 8.06. The molecule has 134 valence electrons. The maximum absolute atomic E-state index is 14.1. The van der Waals surface area contributed by atoms with Gasteiger partial charge in [-0.05, 0) is 44.4 Å². The van der Waals surface area contributed by atoms with Crippen molar-refractivity contribution in [3.8, 4) is 5.69 Å².